The lowest BCUT2D eigenvalue weighted by molar-refractivity contribution is -0.0579. The molecule has 0 saturated heterocycles. The molecule has 1 aromatic carbocycles. The highest BCUT2D eigenvalue weighted by Crippen LogP contribution is 2.37. The molecule has 0 fully saturated rings. The normalized spacial score (nSPS) is 14.6. The van der Waals surface area contributed by atoms with Gasteiger partial charge in [0.15, 0.2) is 14.6 Å². The molecule has 0 saturated carbocycles. The highest BCUT2D eigenvalue weighted by Gasteiger charge is 2.39. The largest absolute Gasteiger partial charge is 0.392 e. The van der Waals surface area contributed by atoms with E-state index in [9.17, 15) is 0 Å². The first-order chi connectivity index (χ1) is 9.76. The van der Waals surface area contributed by atoms with Crippen molar-refractivity contribution < 1.29 is 9.16 Å². The smallest absolute Gasteiger partial charge is 0.195 e. The van der Waals surface area contributed by atoms with Crippen LogP contribution < -0.4 is 0 Å². The van der Waals surface area contributed by atoms with Gasteiger partial charge < -0.3 is 9.16 Å². The fraction of sp³-hybridized carbons (Fsp3) is 0.529. The van der Waals surface area contributed by atoms with Gasteiger partial charge in [-0.3, -0.25) is 0 Å². The molecular weight excluding hydrogens is 391 g/mol. The SMILES string of the molecule is CC(C)(C)[Si](C)(C)O[C@@H](CI)OC/C=C/c1ccccc1. The van der Waals surface area contributed by atoms with Crippen LogP contribution in [-0.4, -0.2) is 25.6 Å². The molecule has 0 spiro atoms. The molecule has 0 aliphatic heterocycles. The van der Waals surface area contributed by atoms with Gasteiger partial charge in [-0.1, -0.05) is 85.8 Å². The zero-order valence-corrected chi connectivity index (χ0v) is 16.9. The summed E-state index contributed by atoms with van der Waals surface area (Å²) >= 11 is 2.33. The lowest BCUT2D eigenvalue weighted by Crippen LogP contribution is -2.45. The molecule has 0 aliphatic carbocycles. The summed E-state index contributed by atoms with van der Waals surface area (Å²) in [6.45, 7) is 11.8. The average Bonchev–Trinajstić information content (AvgIpc) is 2.42. The van der Waals surface area contributed by atoms with Gasteiger partial charge >= 0.3 is 0 Å². The number of benzene rings is 1. The van der Waals surface area contributed by atoms with Gasteiger partial charge in [-0.25, -0.2) is 0 Å². The van der Waals surface area contributed by atoms with Crippen LogP contribution in [0.15, 0.2) is 36.4 Å². The predicted octanol–water partition coefficient (Wildman–Crippen LogP) is 5.50. The van der Waals surface area contributed by atoms with Crippen LogP contribution in [0.1, 0.15) is 26.3 Å². The second kappa shape index (κ2) is 8.46. The summed E-state index contributed by atoms with van der Waals surface area (Å²) in [4.78, 5) is 0. The molecule has 1 aromatic rings. The van der Waals surface area contributed by atoms with Crippen LogP contribution in [-0.2, 0) is 9.16 Å². The minimum absolute atomic E-state index is 0.119. The summed E-state index contributed by atoms with van der Waals surface area (Å²) in [6, 6.07) is 10.3. The fourth-order valence-corrected chi connectivity index (χ4v) is 3.46. The first kappa shape index (κ1) is 18.9. The van der Waals surface area contributed by atoms with E-state index in [1.807, 2.05) is 24.3 Å². The number of halogens is 1. The van der Waals surface area contributed by atoms with Crippen LogP contribution in [0, 0.1) is 0 Å². The Bertz CT molecular complexity index is 438. The van der Waals surface area contributed by atoms with Gasteiger partial charge in [0.1, 0.15) is 0 Å². The third-order valence-electron chi connectivity index (χ3n) is 3.85. The minimum Gasteiger partial charge on any atom is -0.392 e. The Kier molecular flexibility index (Phi) is 7.60. The monoisotopic (exact) mass is 418 g/mol. The molecule has 0 radical (unpaired) electrons. The highest BCUT2D eigenvalue weighted by molar-refractivity contribution is 14.1. The number of rotatable bonds is 7. The minimum atomic E-state index is -1.77. The van der Waals surface area contributed by atoms with Crippen molar-refractivity contribution in [3.63, 3.8) is 0 Å². The molecule has 1 atom stereocenters. The van der Waals surface area contributed by atoms with Crippen molar-refractivity contribution in [2.75, 3.05) is 11.0 Å². The molecule has 0 bridgehead atoms. The van der Waals surface area contributed by atoms with Crippen molar-refractivity contribution in [1.82, 2.24) is 0 Å². The fourth-order valence-electron chi connectivity index (χ4n) is 1.53. The first-order valence-electron chi connectivity index (χ1n) is 7.33. The number of hydrogen-bond acceptors (Lipinski definition) is 2. The number of ether oxygens (including phenoxy) is 1. The molecule has 0 heterocycles. The van der Waals surface area contributed by atoms with E-state index in [0.29, 0.717) is 6.61 Å². The van der Waals surface area contributed by atoms with Gasteiger partial charge in [0.2, 0.25) is 0 Å². The van der Waals surface area contributed by atoms with Gasteiger partial charge in [0.25, 0.3) is 0 Å². The van der Waals surface area contributed by atoms with Crippen LogP contribution in [0.25, 0.3) is 6.08 Å². The van der Waals surface area contributed by atoms with Crippen molar-refractivity contribution in [3.8, 4) is 0 Å². The van der Waals surface area contributed by atoms with Crippen LogP contribution in [0.3, 0.4) is 0 Å². The van der Waals surface area contributed by atoms with E-state index in [0.717, 1.165) is 4.43 Å². The maximum absolute atomic E-state index is 6.28. The third-order valence-corrected chi connectivity index (χ3v) is 9.03. The average molecular weight is 418 g/mol. The summed E-state index contributed by atoms with van der Waals surface area (Å²) in [6.07, 6.45) is 4.01. The summed E-state index contributed by atoms with van der Waals surface area (Å²) < 4.78 is 13.0. The number of hydrogen-bond donors (Lipinski definition) is 0. The Morgan fingerprint density at radius 2 is 1.81 bits per heavy atom. The van der Waals surface area contributed by atoms with E-state index in [1.54, 1.807) is 0 Å². The molecule has 0 amide bonds. The molecule has 0 N–H and O–H groups in total. The van der Waals surface area contributed by atoms with E-state index in [1.165, 1.54) is 5.56 Å². The standard InChI is InChI=1S/C17H27IO2Si/c1-17(2,3)21(4,5)20-16(14-18)19-13-9-12-15-10-7-6-8-11-15/h6-12,16H,13-14H2,1-5H3/b12-9+/t16-/m0/s1. The van der Waals surface area contributed by atoms with Crippen molar-refractivity contribution >= 4 is 37.0 Å². The van der Waals surface area contributed by atoms with E-state index < -0.39 is 8.32 Å². The molecular formula is C17H27IO2Si. The molecule has 1 rings (SSSR count). The van der Waals surface area contributed by atoms with Crippen LogP contribution in [0.5, 0.6) is 0 Å². The second-order valence-electron chi connectivity index (χ2n) is 6.61. The summed E-state index contributed by atoms with van der Waals surface area (Å²) in [7, 11) is -1.77. The zero-order valence-electron chi connectivity index (χ0n) is 13.7. The molecule has 4 heteroatoms. The van der Waals surface area contributed by atoms with Crippen molar-refractivity contribution in [3.05, 3.63) is 42.0 Å². The van der Waals surface area contributed by atoms with Crippen molar-refractivity contribution in [2.45, 2.75) is 45.2 Å². The zero-order chi connectivity index (χ0) is 15.9. The third kappa shape index (κ3) is 6.63. The van der Waals surface area contributed by atoms with E-state index in [-0.39, 0.29) is 11.3 Å². The lowest BCUT2D eigenvalue weighted by atomic mass is 10.2. The first-order valence-corrected chi connectivity index (χ1v) is 11.8. The lowest BCUT2D eigenvalue weighted by Gasteiger charge is -2.38. The van der Waals surface area contributed by atoms with Crippen molar-refractivity contribution in [1.29, 1.82) is 0 Å². The molecule has 2 nitrogen and oxygen atoms in total. The maximum atomic E-state index is 6.28. The van der Waals surface area contributed by atoms with Crippen LogP contribution >= 0.6 is 22.6 Å². The van der Waals surface area contributed by atoms with Gasteiger partial charge in [0.05, 0.1) is 6.61 Å². The Balaban J connectivity index is 2.47. The summed E-state index contributed by atoms with van der Waals surface area (Å²) in [5, 5.41) is 0.209. The van der Waals surface area contributed by atoms with Gasteiger partial charge in [-0.15, -0.1) is 0 Å². The van der Waals surface area contributed by atoms with Crippen LogP contribution in [0.2, 0.25) is 18.1 Å². The quantitative estimate of drug-likeness (QED) is 0.252. The molecule has 118 valence electrons. The van der Waals surface area contributed by atoms with E-state index in [2.05, 4.69) is 74.7 Å². The number of alkyl halides is 1. The van der Waals surface area contributed by atoms with Crippen LogP contribution in [0.4, 0.5) is 0 Å². The Morgan fingerprint density at radius 1 is 1.19 bits per heavy atom. The van der Waals surface area contributed by atoms with Crippen molar-refractivity contribution in [2.24, 2.45) is 0 Å². The van der Waals surface area contributed by atoms with E-state index in [4.69, 9.17) is 9.16 Å². The highest BCUT2D eigenvalue weighted by atomic mass is 127. The predicted molar refractivity (Wildman–Crippen MR) is 102 cm³/mol. The summed E-state index contributed by atoms with van der Waals surface area (Å²) in [5.41, 5.74) is 1.19. The molecule has 0 aromatic heterocycles. The molecule has 21 heavy (non-hydrogen) atoms. The topological polar surface area (TPSA) is 18.5 Å². The Labute approximate surface area is 144 Å². The Morgan fingerprint density at radius 3 is 2.33 bits per heavy atom. The maximum Gasteiger partial charge on any atom is 0.195 e. The molecule has 0 aliphatic rings. The Hall–Kier alpha value is -0.173. The van der Waals surface area contributed by atoms with Gasteiger partial charge in [0, 0.05) is 4.43 Å². The summed E-state index contributed by atoms with van der Waals surface area (Å²) in [5.74, 6) is 0. The molecule has 0 unspecified atom stereocenters. The van der Waals surface area contributed by atoms with Gasteiger partial charge in [-0.05, 0) is 23.7 Å². The second-order valence-corrected chi connectivity index (χ2v) is 12.2. The van der Waals surface area contributed by atoms with Gasteiger partial charge in [-0.2, -0.15) is 0 Å². The van der Waals surface area contributed by atoms with E-state index >= 15 is 0 Å².